The van der Waals surface area contributed by atoms with Crippen LogP contribution in [0.1, 0.15) is 76.2 Å². The molecule has 0 aromatic rings. The maximum absolute atomic E-state index is 14.3. The predicted molar refractivity (Wildman–Crippen MR) is 184 cm³/mol. The lowest BCUT2D eigenvalue weighted by Gasteiger charge is -2.64. The van der Waals surface area contributed by atoms with Gasteiger partial charge in [0.25, 0.3) is 5.97 Å². The van der Waals surface area contributed by atoms with Crippen LogP contribution in [-0.4, -0.2) is 75.6 Å². The molecule has 0 amide bonds. The van der Waals surface area contributed by atoms with Gasteiger partial charge in [0.15, 0.2) is 24.0 Å². The Hall–Kier alpha value is 0.608. The lowest BCUT2D eigenvalue weighted by molar-refractivity contribution is -0.242. The van der Waals surface area contributed by atoms with Gasteiger partial charge in [-0.05, 0) is 71.5 Å². The maximum atomic E-state index is 14.3. The average Bonchev–Trinajstić information content (AvgIpc) is 2.60. The highest BCUT2D eigenvalue weighted by Gasteiger charge is 2.71. The van der Waals surface area contributed by atoms with Gasteiger partial charge in [-0.2, -0.15) is 0 Å². The van der Waals surface area contributed by atoms with Gasteiger partial charge in [-0.25, -0.2) is 4.79 Å². The average molecular weight is 651 g/mol. The van der Waals surface area contributed by atoms with Gasteiger partial charge in [0.2, 0.25) is 0 Å². The minimum Gasteiger partial charge on any atom is -0.461 e. The van der Waals surface area contributed by atoms with Crippen molar-refractivity contribution in [2.24, 2.45) is 5.92 Å². The van der Waals surface area contributed by atoms with Crippen molar-refractivity contribution in [3.05, 3.63) is 11.1 Å². The van der Waals surface area contributed by atoms with Gasteiger partial charge in [-0.15, -0.1) is 0 Å². The number of allylic oxidation sites excluding steroid dienone is 1. The second-order valence-electron chi connectivity index (χ2n) is 15.5. The highest BCUT2D eigenvalue weighted by atomic mass is 30.1. The molecule has 1 aliphatic heterocycles. The summed E-state index contributed by atoms with van der Waals surface area (Å²) >= 11 is 0. The minimum atomic E-state index is -2.25. The summed E-state index contributed by atoms with van der Waals surface area (Å²) in [5.41, 5.74) is 3.23. The Balaban J connectivity index is 4.09. The smallest absolute Gasteiger partial charge is 0.342 e. The summed E-state index contributed by atoms with van der Waals surface area (Å²) < 4.78 is 28.4. The van der Waals surface area contributed by atoms with Crippen molar-refractivity contribution >= 4 is 64.4 Å². The highest BCUT2D eigenvalue weighted by molar-refractivity contribution is 7.97. The molecule has 1 fully saturated rings. The third-order valence-corrected chi connectivity index (χ3v) is 97.7. The minimum absolute atomic E-state index is 0.0847. The predicted octanol–water partition coefficient (Wildman–Crippen LogP) is 4.94. The largest absolute Gasteiger partial charge is 0.461 e. The lowest BCUT2D eigenvalue weighted by atomic mass is 10.1. The fourth-order valence-electron chi connectivity index (χ4n) is 6.28. The normalized spacial score (nSPS) is 23.4. The first-order valence-corrected chi connectivity index (χ1v) is 36.4. The number of hydrogen-bond acceptors (Lipinski definition) is 5. The molecule has 2 atom stereocenters. The molecule has 0 radical (unpaired) electrons. The van der Waals surface area contributed by atoms with Gasteiger partial charge in [0.1, 0.15) is 5.57 Å². The van der Waals surface area contributed by atoms with Crippen LogP contribution in [0, 0.1) is 5.92 Å². The van der Waals surface area contributed by atoms with Crippen molar-refractivity contribution in [1.29, 1.82) is 0 Å². The number of carbonyl (C=O) groups is 1. The third-order valence-electron chi connectivity index (χ3n) is 8.65. The van der Waals surface area contributed by atoms with Crippen molar-refractivity contribution in [1.82, 2.24) is 0 Å². The molecule has 0 spiro atoms. The number of carbonyl (C=O) groups excluding carboxylic acids is 1. The van der Waals surface area contributed by atoms with E-state index in [-0.39, 0.29) is 29.0 Å². The Kier molecular flexibility index (Phi) is 12.0. The molecule has 0 aliphatic carbocycles. The van der Waals surface area contributed by atoms with Crippen LogP contribution in [0.25, 0.3) is 0 Å². The summed E-state index contributed by atoms with van der Waals surface area (Å²) in [6.07, 6.45) is 0. The third kappa shape index (κ3) is 7.71. The van der Waals surface area contributed by atoms with Crippen LogP contribution in [0.4, 0.5) is 0 Å². The molecule has 1 heterocycles. The molecule has 0 saturated carbocycles. The molecular formula is C26H62O5Si7. The van der Waals surface area contributed by atoms with Crippen LogP contribution in [0.5, 0.6) is 0 Å². The van der Waals surface area contributed by atoms with E-state index in [0.29, 0.717) is 22.2 Å². The molecule has 0 aromatic carbocycles. The zero-order valence-electron chi connectivity index (χ0n) is 28.3. The summed E-state index contributed by atoms with van der Waals surface area (Å²) in [5, 5.41) is -0.485. The fraction of sp³-hybridized carbons (Fsp3) is 0.885. The zero-order chi connectivity index (χ0) is 30.3. The van der Waals surface area contributed by atoms with E-state index in [1.807, 2.05) is 13.8 Å². The van der Waals surface area contributed by atoms with Crippen molar-refractivity contribution in [3.63, 3.8) is 0 Å². The Morgan fingerprint density at radius 3 is 1.45 bits per heavy atom. The quantitative estimate of drug-likeness (QED) is 0.122. The van der Waals surface area contributed by atoms with E-state index in [0.717, 1.165) is 15.8 Å². The number of hydrogen-bond donors (Lipinski definition) is 0. The number of rotatable bonds is 13. The molecule has 0 aromatic heterocycles. The summed E-state index contributed by atoms with van der Waals surface area (Å²) in [6, 6.07) is 0. The van der Waals surface area contributed by atoms with Gasteiger partial charge in [0.05, 0.1) is 22.6 Å². The molecule has 1 saturated heterocycles. The standard InChI is InChI=1S/C26H62O5Si7/c1-18(2)23(24(27)28-25(11,32)19(3)4)26(29-35(12,13)14,30-36(15,16)17)31-38(22(9)10)34-33-37(38,20(5)6)21(7)8/h19-22H,33-34H2,1-17,32H3. The maximum Gasteiger partial charge on any atom is 0.342 e. The van der Waals surface area contributed by atoms with Gasteiger partial charge in [-0.3, -0.25) is 0 Å². The van der Waals surface area contributed by atoms with Crippen LogP contribution in [-0.2, 0) is 22.8 Å². The van der Waals surface area contributed by atoms with Crippen LogP contribution < -0.4 is 0 Å². The number of esters is 1. The van der Waals surface area contributed by atoms with Crippen LogP contribution in [0.3, 0.4) is 0 Å². The summed E-state index contributed by atoms with van der Waals surface area (Å²) in [5.74, 6) is -1.56. The van der Waals surface area contributed by atoms with Crippen molar-refractivity contribution in [2.75, 3.05) is 0 Å². The Morgan fingerprint density at radius 2 is 1.21 bits per heavy atom. The first-order chi connectivity index (χ1) is 16.8. The van der Waals surface area contributed by atoms with E-state index in [1.54, 1.807) is 0 Å². The molecule has 0 bridgehead atoms. The molecular weight excluding hydrogens is 589 g/mol. The van der Waals surface area contributed by atoms with Gasteiger partial charge in [0, 0.05) is 17.1 Å². The Morgan fingerprint density at radius 1 is 0.789 bits per heavy atom. The van der Waals surface area contributed by atoms with E-state index in [2.05, 4.69) is 102 Å². The second-order valence-corrected chi connectivity index (χ2v) is 63.1. The van der Waals surface area contributed by atoms with E-state index < -0.39 is 42.3 Å². The number of ether oxygens (including phenoxy) is 1. The summed E-state index contributed by atoms with van der Waals surface area (Å²) in [6.45, 7) is 38.1. The molecule has 2 unspecified atom stereocenters. The monoisotopic (exact) mass is 650 g/mol. The molecule has 1 aliphatic rings. The van der Waals surface area contributed by atoms with Gasteiger partial charge >= 0.3 is 5.97 Å². The van der Waals surface area contributed by atoms with Gasteiger partial charge in [-0.1, -0.05) is 72.0 Å². The molecule has 5 nitrogen and oxygen atoms in total. The van der Waals surface area contributed by atoms with Gasteiger partial charge < -0.3 is 18.0 Å². The van der Waals surface area contributed by atoms with E-state index in [4.69, 9.17) is 18.0 Å². The Labute approximate surface area is 246 Å². The first kappa shape index (κ1) is 36.6. The van der Waals surface area contributed by atoms with Crippen molar-refractivity contribution < 1.29 is 22.8 Å². The molecule has 1 rings (SSSR count). The second kappa shape index (κ2) is 12.5. The Bertz CT molecular complexity index is 844. The van der Waals surface area contributed by atoms with Crippen molar-refractivity contribution in [2.45, 2.75) is 143 Å². The molecule has 0 N–H and O–H groups in total. The molecule has 12 heteroatoms. The van der Waals surface area contributed by atoms with E-state index in [1.165, 1.54) is 0 Å². The highest BCUT2D eigenvalue weighted by Crippen LogP contribution is 2.52. The fourth-order valence-corrected chi connectivity index (χ4v) is 113. The molecule has 38 heavy (non-hydrogen) atoms. The zero-order valence-corrected chi connectivity index (χ0v) is 37.1. The van der Waals surface area contributed by atoms with E-state index >= 15 is 0 Å². The van der Waals surface area contributed by atoms with Crippen molar-refractivity contribution in [3.8, 4) is 0 Å². The van der Waals surface area contributed by atoms with Crippen LogP contribution >= 0.6 is 0 Å². The SMILES string of the molecule is CC(C)=C(C(=O)OC(C)([SiH3])C(C)C)C(O[Si](C)(C)C)(O[Si](C)(C)C)O[Si]1(C(C)C)[SiH2][SiH2][Si]1(C(C)C)C(C)C. The summed E-state index contributed by atoms with van der Waals surface area (Å²) in [4.78, 5) is 14.3. The molecule has 224 valence electrons. The topological polar surface area (TPSA) is 54.0 Å². The van der Waals surface area contributed by atoms with Crippen LogP contribution in [0.15, 0.2) is 11.1 Å². The lowest BCUT2D eigenvalue weighted by Crippen LogP contribution is -2.89. The van der Waals surface area contributed by atoms with Crippen LogP contribution in [0.2, 0.25) is 55.9 Å². The van der Waals surface area contributed by atoms with E-state index in [9.17, 15) is 4.79 Å². The summed E-state index contributed by atoms with van der Waals surface area (Å²) in [7, 11) is -8.01. The first-order valence-electron chi connectivity index (χ1n) is 14.8.